The maximum atomic E-state index is 11.3. The van der Waals surface area contributed by atoms with Crippen molar-refractivity contribution >= 4 is 33.6 Å². The molecule has 0 aliphatic heterocycles. The molecule has 1 aromatic carbocycles. The number of nitrogen functional groups attached to an aromatic ring is 1. The maximum absolute atomic E-state index is 11.3. The molecule has 6 heteroatoms. The first-order chi connectivity index (χ1) is 8.33. The predicted octanol–water partition coefficient (Wildman–Crippen LogP) is 2.02. The largest absolute Gasteiger partial charge is 0.325 e. The van der Waals surface area contributed by atoms with E-state index in [1.54, 1.807) is 23.9 Å². The summed E-state index contributed by atoms with van der Waals surface area (Å²) in [5, 5.41) is 0. The molecule has 0 saturated heterocycles. The molecule has 0 unspecified atom stereocenters. The van der Waals surface area contributed by atoms with Gasteiger partial charge in [0.1, 0.15) is 0 Å². The van der Waals surface area contributed by atoms with Crippen LogP contribution in [0.15, 0.2) is 22.7 Å². The standard InChI is InChI=1S/C12H18BrN3OS/c1-12(2,14)7-18-6-9-4-3-8(5-10(9)13)11(17)16-15/h3-5H,6-7,14-15H2,1-2H3,(H,16,17). The van der Waals surface area contributed by atoms with E-state index in [9.17, 15) is 4.79 Å². The third-order valence-corrected chi connectivity index (χ3v) is 4.38. The molecule has 1 aromatic rings. The van der Waals surface area contributed by atoms with Gasteiger partial charge in [-0.1, -0.05) is 22.0 Å². The second-order valence-electron chi connectivity index (χ2n) is 4.76. The lowest BCUT2D eigenvalue weighted by Crippen LogP contribution is -2.34. The van der Waals surface area contributed by atoms with Crippen LogP contribution in [0.3, 0.4) is 0 Å². The van der Waals surface area contributed by atoms with E-state index in [1.807, 2.05) is 19.9 Å². The van der Waals surface area contributed by atoms with Crippen LogP contribution in [0.1, 0.15) is 29.8 Å². The number of rotatable bonds is 5. The second kappa shape index (κ2) is 6.56. The Kier molecular flexibility index (Phi) is 5.65. The van der Waals surface area contributed by atoms with E-state index in [0.717, 1.165) is 21.5 Å². The molecule has 5 N–H and O–H groups in total. The molecule has 0 aromatic heterocycles. The van der Waals surface area contributed by atoms with Crippen LogP contribution < -0.4 is 17.0 Å². The van der Waals surface area contributed by atoms with Crippen LogP contribution in [0.2, 0.25) is 0 Å². The number of hydrazine groups is 1. The van der Waals surface area contributed by atoms with Gasteiger partial charge in [0, 0.05) is 27.1 Å². The van der Waals surface area contributed by atoms with E-state index >= 15 is 0 Å². The van der Waals surface area contributed by atoms with Crippen molar-refractivity contribution < 1.29 is 4.79 Å². The number of halogens is 1. The van der Waals surface area contributed by atoms with E-state index < -0.39 is 0 Å². The molecule has 0 spiro atoms. The summed E-state index contributed by atoms with van der Waals surface area (Å²) in [6.07, 6.45) is 0. The first-order valence-electron chi connectivity index (χ1n) is 5.49. The summed E-state index contributed by atoms with van der Waals surface area (Å²) in [4.78, 5) is 11.3. The maximum Gasteiger partial charge on any atom is 0.265 e. The number of benzene rings is 1. The summed E-state index contributed by atoms with van der Waals surface area (Å²) in [7, 11) is 0. The molecule has 0 saturated carbocycles. The number of hydrogen-bond acceptors (Lipinski definition) is 4. The number of nitrogens with two attached hydrogens (primary N) is 2. The van der Waals surface area contributed by atoms with Crippen molar-refractivity contribution in [2.45, 2.75) is 25.1 Å². The molecule has 18 heavy (non-hydrogen) atoms. The molecule has 1 rings (SSSR count). The van der Waals surface area contributed by atoms with Gasteiger partial charge in [0.25, 0.3) is 5.91 Å². The molecule has 0 fully saturated rings. The fraction of sp³-hybridized carbons (Fsp3) is 0.417. The smallest absolute Gasteiger partial charge is 0.265 e. The number of nitrogens with one attached hydrogen (secondary N) is 1. The fourth-order valence-electron chi connectivity index (χ4n) is 1.31. The predicted molar refractivity (Wildman–Crippen MR) is 80.2 cm³/mol. The molecule has 0 bridgehead atoms. The Morgan fingerprint density at radius 3 is 2.67 bits per heavy atom. The van der Waals surface area contributed by atoms with Crippen molar-refractivity contribution in [3.63, 3.8) is 0 Å². The summed E-state index contributed by atoms with van der Waals surface area (Å²) in [6.45, 7) is 4.01. The Morgan fingerprint density at radius 1 is 1.50 bits per heavy atom. The number of amides is 1. The molecule has 0 aliphatic rings. The second-order valence-corrected chi connectivity index (χ2v) is 6.60. The zero-order chi connectivity index (χ0) is 13.8. The van der Waals surface area contributed by atoms with Crippen LogP contribution >= 0.6 is 27.7 Å². The first kappa shape index (κ1) is 15.5. The number of hydrogen-bond donors (Lipinski definition) is 3. The van der Waals surface area contributed by atoms with Crippen molar-refractivity contribution in [2.24, 2.45) is 11.6 Å². The quantitative estimate of drug-likeness (QED) is 0.438. The summed E-state index contributed by atoms with van der Waals surface area (Å²) in [5.74, 6) is 6.53. The lowest BCUT2D eigenvalue weighted by molar-refractivity contribution is 0.0953. The van der Waals surface area contributed by atoms with Crippen LogP contribution in [0, 0.1) is 0 Å². The summed E-state index contributed by atoms with van der Waals surface area (Å²) in [6, 6.07) is 5.45. The van der Waals surface area contributed by atoms with Gasteiger partial charge >= 0.3 is 0 Å². The van der Waals surface area contributed by atoms with E-state index in [2.05, 4.69) is 21.4 Å². The van der Waals surface area contributed by atoms with E-state index in [1.165, 1.54) is 0 Å². The molecule has 0 heterocycles. The highest BCUT2D eigenvalue weighted by molar-refractivity contribution is 9.10. The molecular weight excluding hydrogens is 314 g/mol. The number of carbonyl (C=O) groups excluding carboxylic acids is 1. The minimum absolute atomic E-state index is 0.170. The van der Waals surface area contributed by atoms with Crippen molar-refractivity contribution in [1.82, 2.24) is 5.43 Å². The summed E-state index contributed by atoms with van der Waals surface area (Å²) in [5.41, 5.74) is 9.54. The van der Waals surface area contributed by atoms with Crippen molar-refractivity contribution in [3.05, 3.63) is 33.8 Å². The SMILES string of the molecule is CC(C)(N)CSCc1ccc(C(=O)NN)cc1Br. The molecule has 0 radical (unpaired) electrons. The van der Waals surface area contributed by atoms with Gasteiger partial charge in [-0.15, -0.1) is 0 Å². The first-order valence-corrected chi connectivity index (χ1v) is 7.44. The van der Waals surface area contributed by atoms with Gasteiger partial charge in [-0.3, -0.25) is 10.2 Å². The lowest BCUT2D eigenvalue weighted by Gasteiger charge is -2.17. The third-order valence-electron chi connectivity index (χ3n) is 2.18. The fourth-order valence-corrected chi connectivity index (χ4v) is 3.12. The minimum atomic E-state index is -0.294. The monoisotopic (exact) mass is 331 g/mol. The lowest BCUT2D eigenvalue weighted by atomic mass is 10.1. The van der Waals surface area contributed by atoms with Gasteiger partial charge in [0.05, 0.1) is 0 Å². The highest BCUT2D eigenvalue weighted by Crippen LogP contribution is 2.24. The van der Waals surface area contributed by atoms with Crippen LogP contribution in [-0.4, -0.2) is 17.2 Å². The number of thioether (sulfide) groups is 1. The van der Waals surface area contributed by atoms with Crippen LogP contribution in [0.25, 0.3) is 0 Å². The van der Waals surface area contributed by atoms with E-state index in [0.29, 0.717) is 5.56 Å². The van der Waals surface area contributed by atoms with Gasteiger partial charge < -0.3 is 5.73 Å². The molecule has 0 atom stereocenters. The van der Waals surface area contributed by atoms with Gasteiger partial charge in [0.2, 0.25) is 0 Å². The zero-order valence-corrected chi connectivity index (χ0v) is 12.9. The third kappa shape index (κ3) is 4.97. The van der Waals surface area contributed by atoms with Crippen LogP contribution in [-0.2, 0) is 5.75 Å². The Bertz CT molecular complexity index is 432. The highest BCUT2D eigenvalue weighted by atomic mass is 79.9. The van der Waals surface area contributed by atoms with Gasteiger partial charge in [-0.05, 0) is 31.5 Å². The molecular formula is C12H18BrN3OS. The molecule has 0 aliphatic carbocycles. The Labute approximate surface area is 120 Å². The van der Waals surface area contributed by atoms with Crippen molar-refractivity contribution in [3.8, 4) is 0 Å². The summed E-state index contributed by atoms with van der Waals surface area (Å²) >= 11 is 5.23. The van der Waals surface area contributed by atoms with Gasteiger partial charge in [0.15, 0.2) is 0 Å². The highest BCUT2D eigenvalue weighted by Gasteiger charge is 2.12. The zero-order valence-electron chi connectivity index (χ0n) is 10.5. The Morgan fingerprint density at radius 2 is 2.17 bits per heavy atom. The Hall–Kier alpha value is -0.560. The average Bonchev–Trinajstić information content (AvgIpc) is 2.28. The topological polar surface area (TPSA) is 81.1 Å². The minimum Gasteiger partial charge on any atom is -0.325 e. The van der Waals surface area contributed by atoms with Crippen LogP contribution in [0.4, 0.5) is 0 Å². The Balaban J connectivity index is 2.66. The van der Waals surface area contributed by atoms with Gasteiger partial charge in [-0.25, -0.2) is 5.84 Å². The number of carbonyl (C=O) groups is 1. The molecule has 4 nitrogen and oxygen atoms in total. The molecule has 1 amide bonds. The van der Waals surface area contributed by atoms with Crippen molar-refractivity contribution in [2.75, 3.05) is 5.75 Å². The average molecular weight is 332 g/mol. The van der Waals surface area contributed by atoms with E-state index in [4.69, 9.17) is 11.6 Å². The summed E-state index contributed by atoms with van der Waals surface area (Å²) < 4.78 is 0.908. The van der Waals surface area contributed by atoms with Crippen LogP contribution in [0.5, 0.6) is 0 Å². The van der Waals surface area contributed by atoms with Gasteiger partial charge in [-0.2, -0.15) is 11.8 Å². The van der Waals surface area contributed by atoms with E-state index in [-0.39, 0.29) is 11.4 Å². The van der Waals surface area contributed by atoms with Crippen molar-refractivity contribution in [1.29, 1.82) is 0 Å². The normalized spacial score (nSPS) is 11.4. The molecule has 100 valence electrons.